The normalized spacial score (nSPS) is 18.3. The lowest BCUT2D eigenvalue weighted by atomic mass is 10.0. The summed E-state index contributed by atoms with van der Waals surface area (Å²) in [4.78, 5) is 2.56. The second-order valence-electron chi connectivity index (χ2n) is 5.48. The predicted octanol–water partition coefficient (Wildman–Crippen LogP) is 4.04. The van der Waals surface area contributed by atoms with Gasteiger partial charge in [0.05, 0.1) is 0 Å². The summed E-state index contributed by atoms with van der Waals surface area (Å²) in [6.07, 6.45) is 2.47. The maximum absolute atomic E-state index is 3.68. The average Bonchev–Trinajstić information content (AvgIpc) is 2.36. The van der Waals surface area contributed by atoms with Gasteiger partial charge in [0.25, 0.3) is 0 Å². The van der Waals surface area contributed by atoms with Gasteiger partial charge < -0.3 is 10.2 Å². The molecule has 0 saturated carbocycles. The van der Waals surface area contributed by atoms with Crippen molar-refractivity contribution in [3.05, 3.63) is 28.2 Å². The number of hydrogen-bond acceptors (Lipinski definition) is 2. The molecule has 1 aromatic carbocycles. The second kappa shape index (κ2) is 6.07. The van der Waals surface area contributed by atoms with Gasteiger partial charge in [0, 0.05) is 35.3 Å². The van der Waals surface area contributed by atoms with Gasteiger partial charge >= 0.3 is 0 Å². The maximum Gasteiger partial charge on any atom is 0.0489 e. The van der Waals surface area contributed by atoms with Gasteiger partial charge in [0.2, 0.25) is 0 Å². The summed E-state index contributed by atoms with van der Waals surface area (Å²) in [5, 5.41) is 3.68. The van der Waals surface area contributed by atoms with E-state index in [2.05, 4.69) is 65.1 Å². The van der Waals surface area contributed by atoms with Gasteiger partial charge in [-0.15, -0.1) is 0 Å². The fraction of sp³-hybridized carbons (Fsp3) is 0.600. The standard InChI is InChI=1S/C15H23BrN2/c1-11(2)18-9-7-13(8-10-18)17-14-6-4-5-12(3)15(14)16/h4-6,11,13,17H,7-10H2,1-3H3. The van der Waals surface area contributed by atoms with Gasteiger partial charge in [-0.05, 0) is 61.2 Å². The molecule has 0 unspecified atom stereocenters. The van der Waals surface area contributed by atoms with E-state index < -0.39 is 0 Å². The molecule has 0 amide bonds. The molecule has 18 heavy (non-hydrogen) atoms. The minimum atomic E-state index is 0.609. The summed E-state index contributed by atoms with van der Waals surface area (Å²) < 4.78 is 1.20. The van der Waals surface area contributed by atoms with Gasteiger partial charge in [-0.1, -0.05) is 12.1 Å². The highest BCUT2D eigenvalue weighted by molar-refractivity contribution is 9.10. The number of benzene rings is 1. The van der Waals surface area contributed by atoms with Crippen LogP contribution in [0, 0.1) is 6.92 Å². The maximum atomic E-state index is 3.68. The lowest BCUT2D eigenvalue weighted by Crippen LogP contribution is -2.42. The third-order valence-corrected chi connectivity index (χ3v) is 4.86. The average molecular weight is 311 g/mol. The third kappa shape index (κ3) is 3.27. The molecule has 1 fully saturated rings. The number of nitrogens with zero attached hydrogens (tertiary/aromatic N) is 1. The van der Waals surface area contributed by atoms with E-state index in [4.69, 9.17) is 0 Å². The van der Waals surface area contributed by atoms with Crippen molar-refractivity contribution in [1.82, 2.24) is 4.90 Å². The van der Waals surface area contributed by atoms with Crippen LogP contribution in [-0.4, -0.2) is 30.1 Å². The Kier molecular flexibility index (Phi) is 4.68. The number of piperidine rings is 1. The van der Waals surface area contributed by atoms with Crippen LogP contribution in [0.4, 0.5) is 5.69 Å². The van der Waals surface area contributed by atoms with Crippen molar-refractivity contribution in [2.45, 2.75) is 45.7 Å². The summed E-state index contributed by atoms with van der Waals surface area (Å²) in [5.74, 6) is 0. The second-order valence-corrected chi connectivity index (χ2v) is 6.28. The van der Waals surface area contributed by atoms with Crippen LogP contribution in [0.15, 0.2) is 22.7 Å². The molecule has 1 heterocycles. The number of likely N-dealkylation sites (tertiary alicyclic amines) is 1. The van der Waals surface area contributed by atoms with Crippen molar-refractivity contribution in [2.75, 3.05) is 18.4 Å². The van der Waals surface area contributed by atoms with E-state index in [-0.39, 0.29) is 0 Å². The molecule has 1 aromatic rings. The number of hydrogen-bond donors (Lipinski definition) is 1. The van der Waals surface area contributed by atoms with Crippen LogP contribution in [-0.2, 0) is 0 Å². The highest BCUT2D eigenvalue weighted by Crippen LogP contribution is 2.28. The third-order valence-electron chi connectivity index (χ3n) is 3.81. The molecule has 0 aromatic heterocycles. The molecule has 1 N–H and O–H groups in total. The summed E-state index contributed by atoms with van der Waals surface area (Å²) in [7, 11) is 0. The molecule has 1 aliphatic heterocycles. The molecule has 2 rings (SSSR count). The minimum absolute atomic E-state index is 0.609. The molecule has 0 spiro atoms. The Bertz CT molecular complexity index is 395. The van der Waals surface area contributed by atoms with Crippen LogP contribution in [0.5, 0.6) is 0 Å². The van der Waals surface area contributed by atoms with E-state index in [1.165, 1.54) is 41.7 Å². The first-order valence-electron chi connectivity index (χ1n) is 6.83. The van der Waals surface area contributed by atoms with E-state index in [1.807, 2.05) is 0 Å². The van der Waals surface area contributed by atoms with Crippen LogP contribution >= 0.6 is 15.9 Å². The van der Waals surface area contributed by atoms with Crippen LogP contribution in [0.2, 0.25) is 0 Å². The number of rotatable bonds is 3. The fourth-order valence-corrected chi connectivity index (χ4v) is 2.92. The van der Waals surface area contributed by atoms with E-state index in [1.54, 1.807) is 0 Å². The van der Waals surface area contributed by atoms with Crippen molar-refractivity contribution in [3.63, 3.8) is 0 Å². The predicted molar refractivity (Wildman–Crippen MR) is 82.2 cm³/mol. The molecule has 3 heteroatoms. The number of nitrogens with one attached hydrogen (secondary N) is 1. The van der Waals surface area contributed by atoms with Crippen LogP contribution in [0.25, 0.3) is 0 Å². The van der Waals surface area contributed by atoms with Gasteiger partial charge in [-0.3, -0.25) is 0 Å². The van der Waals surface area contributed by atoms with Crippen molar-refractivity contribution < 1.29 is 0 Å². The van der Waals surface area contributed by atoms with Crippen molar-refractivity contribution >= 4 is 21.6 Å². The Hall–Kier alpha value is -0.540. The van der Waals surface area contributed by atoms with Crippen LogP contribution in [0.1, 0.15) is 32.3 Å². The summed E-state index contributed by atoms with van der Waals surface area (Å²) in [6.45, 7) is 9.12. The Balaban J connectivity index is 1.94. The van der Waals surface area contributed by atoms with Gasteiger partial charge in [0.15, 0.2) is 0 Å². The Morgan fingerprint density at radius 1 is 1.28 bits per heavy atom. The zero-order valence-corrected chi connectivity index (χ0v) is 13.1. The topological polar surface area (TPSA) is 15.3 Å². The summed E-state index contributed by atoms with van der Waals surface area (Å²) in [5.41, 5.74) is 2.53. The molecule has 0 bridgehead atoms. The smallest absolute Gasteiger partial charge is 0.0489 e. The first-order valence-corrected chi connectivity index (χ1v) is 7.63. The highest BCUT2D eigenvalue weighted by Gasteiger charge is 2.21. The molecular formula is C15H23BrN2. The zero-order chi connectivity index (χ0) is 13.1. The SMILES string of the molecule is Cc1cccc(NC2CCN(C(C)C)CC2)c1Br. The monoisotopic (exact) mass is 310 g/mol. The van der Waals surface area contributed by atoms with E-state index >= 15 is 0 Å². The van der Waals surface area contributed by atoms with Crippen LogP contribution < -0.4 is 5.32 Å². The van der Waals surface area contributed by atoms with Gasteiger partial charge in [0.1, 0.15) is 0 Å². The highest BCUT2D eigenvalue weighted by atomic mass is 79.9. The zero-order valence-electron chi connectivity index (χ0n) is 11.5. The van der Waals surface area contributed by atoms with Crippen LogP contribution in [0.3, 0.4) is 0 Å². The summed E-state index contributed by atoms with van der Waals surface area (Å²) >= 11 is 3.67. The van der Waals surface area contributed by atoms with E-state index in [0.717, 1.165) is 0 Å². The molecule has 100 valence electrons. The lowest BCUT2D eigenvalue weighted by molar-refractivity contribution is 0.177. The lowest BCUT2D eigenvalue weighted by Gasteiger charge is -2.35. The van der Waals surface area contributed by atoms with E-state index in [0.29, 0.717) is 12.1 Å². The van der Waals surface area contributed by atoms with Gasteiger partial charge in [-0.25, -0.2) is 0 Å². The molecule has 0 radical (unpaired) electrons. The van der Waals surface area contributed by atoms with E-state index in [9.17, 15) is 0 Å². The molecule has 1 saturated heterocycles. The number of aryl methyl sites for hydroxylation is 1. The Morgan fingerprint density at radius 3 is 2.56 bits per heavy atom. The summed E-state index contributed by atoms with van der Waals surface area (Å²) in [6, 6.07) is 7.70. The Labute approximate surface area is 119 Å². The molecule has 1 aliphatic rings. The molecule has 0 atom stereocenters. The van der Waals surface area contributed by atoms with Crippen molar-refractivity contribution in [2.24, 2.45) is 0 Å². The van der Waals surface area contributed by atoms with Crippen molar-refractivity contribution in [1.29, 1.82) is 0 Å². The van der Waals surface area contributed by atoms with Crippen molar-refractivity contribution in [3.8, 4) is 0 Å². The molecular weight excluding hydrogens is 288 g/mol. The largest absolute Gasteiger partial charge is 0.381 e. The number of anilines is 1. The first kappa shape index (κ1) is 13.9. The quantitative estimate of drug-likeness (QED) is 0.906. The minimum Gasteiger partial charge on any atom is -0.381 e. The molecule has 0 aliphatic carbocycles. The fourth-order valence-electron chi connectivity index (χ4n) is 2.54. The number of halogens is 1. The first-order chi connectivity index (χ1) is 8.58. The van der Waals surface area contributed by atoms with Gasteiger partial charge in [-0.2, -0.15) is 0 Å². The molecule has 2 nitrogen and oxygen atoms in total. The Morgan fingerprint density at radius 2 is 1.94 bits per heavy atom.